The van der Waals surface area contributed by atoms with Gasteiger partial charge in [0.2, 0.25) is 0 Å². The molecular weight excluding hydrogens is 248 g/mol. The number of rotatable bonds is 8. The van der Waals surface area contributed by atoms with Gasteiger partial charge >= 0.3 is 0 Å². The van der Waals surface area contributed by atoms with Crippen LogP contribution in [0.2, 0.25) is 0 Å². The third kappa shape index (κ3) is 3.97. The van der Waals surface area contributed by atoms with Crippen LogP contribution in [0.1, 0.15) is 45.2 Å². The predicted molar refractivity (Wildman–Crippen MR) is 84.0 cm³/mol. The fraction of sp³-hybridized carbons (Fsp3) is 0.647. The molecule has 2 N–H and O–H groups in total. The van der Waals surface area contributed by atoms with Gasteiger partial charge in [-0.15, -0.1) is 0 Å². The Bertz CT molecular complexity index is 398. The molecule has 1 saturated carbocycles. The summed E-state index contributed by atoms with van der Waals surface area (Å²) in [4.78, 5) is 2.55. The van der Waals surface area contributed by atoms with Crippen LogP contribution >= 0.6 is 0 Å². The van der Waals surface area contributed by atoms with Gasteiger partial charge in [-0.1, -0.05) is 12.1 Å². The van der Waals surface area contributed by atoms with Gasteiger partial charge in [0.15, 0.2) is 0 Å². The summed E-state index contributed by atoms with van der Waals surface area (Å²) in [6.07, 6.45) is 2.76. The van der Waals surface area contributed by atoms with Crippen LogP contribution in [0.4, 0.5) is 0 Å². The topological polar surface area (TPSA) is 38.5 Å². The second-order valence-corrected chi connectivity index (χ2v) is 5.99. The molecule has 112 valence electrons. The Kier molecular flexibility index (Phi) is 5.44. The molecule has 0 amide bonds. The Morgan fingerprint density at radius 1 is 1.25 bits per heavy atom. The van der Waals surface area contributed by atoms with Gasteiger partial charge in [0.25, 0.3) is 0 Å². The van der Waals surface area contributed by atoms with Crippen molar-refractivity contribution in [1.82, 2.24) is 4.90 Å². The van der Waals surface area contributed by atoms with Gasteiger partial charge in [0, 0.05) is 25.2 Å². The molecule has 1 aliphatic carbocycles. The van der Waals surface area contributed by atoms with E-state index in [1.165, 1.54) is 24.9 Å². The Morgan fingerprint density at radius 2 is 1.90 bits per heavy atom. The minimum atomic E-state index is 0.311. The molecule has 1 aliphatic rings. The van der Waals surface area contributed by atoms with Gasteiger partial charge in [-0.05, 0) is 57.2 Å². The lowest BCUT2D eigenvalue weighted by atomic mass is 10.0. The molecule has 3 heteroatoms. The molecule has 0 aromatic heterocycles. The van der Waals surface area contributed by atoms with Crippen molar-refractivity contribution < 1.29 is 4.74 Å². The third-order valence-electron chi connectivity index (χ3n) is 4.03. The van der Waals surface area contributed by atoms with Gasteiger partial charge in [-0.2, -0.15) is 0 Å². The molecule has 1 unspecified atom stereocenters. The van der Waals surface area contributed by atoms with Crippen LogP contribution in [0.3, 0.4) is 0 Å². The molecule has 0 radical (unpaired) electrons. The Hall–Kier alpha value is -1.06. The molecule has 0 bridgehead atoms. The highest BCUT2D eigenvalue weighted by atomic mass is 16.5. The summed E-state index contributed by atoms with van der Waals surface area (Å²) in [6.45, 7) is 9.08. The van der Waals surface area contributed by atoms with Crippen LogP contribution in [-0.2, 0) is 0 Å². The normalized spacial score (nSPS) is 16.7. The summed E-state index contributed by atoms with van der Waals surface area (Å²) in [6, 6.07) is 9.26. The van der Waals surface area contributed by atoms with Crippen molar-refractivity contribution in [2.45, 2.75) is 45.7 Å². The van der Waals surface area contributed by atoms with E-state index in [1.807, 2.05) is 6.92 Å². The first-order valence-corrected chi connectivity index (χ1v) is 7.84. The summed E-state index contributed by atoms with van der Waals surface area (Å²) in [7, 11) is 0. The summed E-state index contributed by atoms with van der Waals surface area (Å²) >= 11 is 0. The Labute approximate surface area is 123 Å². The standard InChI is InChI=1S/C17H28N2O/c1-4-20-16-9-7-15(8-10-16)17(11-18)19(13(2)3)12-14-5-6-14/h7-10,13-14,17H,4-6,11-12,18H2,1-3H3. The molecule has 0 heterocycles. The van der Waals surface area contributed by atoms with Crippen molar-refractivity contribution in [3.05, 3.63) is 29.8 Å². The average Bonchev–Trinajstić information content (AvgIpc) is 3.24. The van der Waals surface area contributed by atoms with Crippen molar-refractivity contribution in [3.63, 3.8) is 0 Å². The summed E-state index contributed by atoms with van der Waals surface area (Å²) < 4.78 is 5.51. The first-order chi connectivity index (χ1) is 9.65. The zero-order valence-electron chi connectivity index (χ0n) is 13.0. The molecule has 0 spiro atoms. The number of nitrogens with zero attached hydrogens (tertiary/aromatic N) is 1. The van der Waals surface area contributed by atoms with E-state index in [4.69, 9.17) is 10.5 Å². The maximum Gasteiger partial charge on any atom is 0.119 e. The molecule has 20 heavy (non-hydrogen) atoms. The fourth-order valence-corrected chi connectivity index (χ4v) is 2.71. The second-order valence-electron chi connectivity index (χ2n) is 5.99. The Balaban J connectivity index is 2.11. The predicted octanol–water partition coefficient (Wildman–Crippen LogP) is 3.21. The Morgan fingerprint density at radius 3 is 2.35 bits per heavy atom. The smallest absolute Gasteiger partial charge is 0.119 e. The van der Waals surface area contributed by atoms with Crippen molar-refractivity contribution in [2.24, 2.45) is 11.7 Å². The first kappa shape index (κ1) is 15.3. The van der Waals surface area contributed by atoms with E-state index < -0.39 is 0 Å². The highest BCUT2D eigenvalue weighted by Gasteiger charge is 2.29. The van der Waals surface area contributed by atoms with E-state index in [1.54, 1.807) is 0 Å². The largest absolute Gasteiger partial charge is 0.494 e. The van der Waals surface area contributed by atoms with E-state index in [0.29, 0.717) is 25.2 Å². The molecule has 1 fully saturated rings. The number of benzene rings is 1. The van der Waals surface area contributed by atoms with Crippen molar-refractivity contribution in [3.8, 4) is 5.75 Å². The lowest BCUT2D eigenvalue weighted by Gasteiger charge is -2.35. The summed E-state index contributed by atoms with van der Waals surface area (Å²) in [5.41, 5.74) is 7.36. The molecule has 0 aliphatic heterocycles. The molecule has 1 aromatic rings. The maximum atomic E-state index is 6.06. The average molecular weight is 276 g/mol. The lowest BCUT2D eigenvalue weighted by molar-refractivity contribution is 0.149. The van der Waals surface area contributed by atoms with Crippen LogP contribution in [0.15, 0.2) is 24.3 Å². The highest BCUT2D eigenvalue weighted by Crippen LogP contribution is 2.34. The van der Waals surface area contributed by atoms with Crippen LogP contribution in [-0.4, -0.2) is 30.6 Å². The minimum absolute atomic E-state index is 0.311. The minimum Gasteiger partial charge on any atom is -0.494 e. The zero-order valence-corrected chi connectivity index (χ0v) is 13.0. The molecular formula is C17H28N2O. The highest BCUT2D eigenvalue weighted by molar-refractivity contribution is 5.29. The maximum absolute atomic E-state index is 6.06. The van der Waals surface area contributed by atoms with Gasteiger partial charge < -0.3 is 10.5 Å². The molecule has 1 atom stereocenters. The van der Waals surface area contributed by atoms with E-state index in [2.05, 4.69) is 43.0 Å². The fourth-order valence-electron chi connectivity index (χ4n) is 2.71. The number of hydrogen-bond donors (Lipinski definition) is 1. The quantitative estimate of drug-likeness (QED) is 0.792. The van der Waals surface area contributed by atoms with E-state index in [0.717, 1.165) is 11.7 Å². The SMILES string of the molecule is CCOc1ccc(C(CN)N(CC2CC2)C(C)C)cc1. The molecule has 2 rings (SSSR count). The monoisotopic (exact) mass is 276 g/mol. The van der Waals surface area contributed by atoms with Crippen LogP contribution in [0, 0.1) is 5.92 Å². The third-order valence-corrected chi connectivity index (χ3v) is 4.03. The number of hydrogen-bond acceptors (Lipinski definition) is 3. The van der Waals surface area contributed by atoms with E-state index in [9.17, 15) is 0 Å². The second kappa shape index (κ2) is 7.09. The summed E-state index contributed by atoms with van der Waals surface area (Å²) in [5.74, 6) is 1.82. The molecule has 0 saturated heterocycles. The van der Waals surface area contributed by atoms with Gasteiger partial charge in [0.05, 0.1) is 6.61 Å². The zero-order chi connectivity index (χ0) is 14.5. The first-order valence-electron chi connectivity index (χ1n) is 7.84. The van der Waals surface area contributed by atoms with Crippen molar-refractivity contribution in [1.29, 1.82) is 0 Å². The van der Waals surface area contributed by atoms with E-state index >= 15 is 0 Å². The van der Waals surface area contributed by atoms with E-state index in [-0.39, 0.29) is 0 Å². The van der Waals surface area contributed by atoms with Crippen molar-refractivity contribution in [2.75, 3.05) is 19.7 Å². The lowest BCUT2D eigenvalue weighted by Crippen LogP contribution is -2.40. The van der Waals surface area contributed by atoms with Crippen LogP contribution < -0.4 is 10.5 Å². The van der Waals surface area contributed by atoms with Crippen LogP contribution in [0.5, 0.6) is 5.75 Å². The van der Waals surface area contributed by atoms with Crippen LogP contribution in [0.25, 0.3) is 0 Å². The van der Waals surface area contributed by atoms with Gasteiger partial charge in [-0.3, -0.25) is 4.90 Å². The number of ether oxygens (including phenoxy) is 1. The molecule has 1 aromatic carbocycles. The summed E-state index contributed by atoms with van der Waals surface area (Å²) in [5, 5.41) is 0. The molecule has 3 nitrogen and oxygen atoms in total. The van der Waals surface area contributed by atoms with Gasteiger partial charge in [-0.25, -0.2) is 0 Å². The van der Waals surface area contributed by atoms with Crippen molar-refractivity contribution >= 4 is 0 Å². The number of nitrogens with two attached hydrogens (primary N) is 1. The van der Waals surface area contributed by atoms with Gasteiger partial charge in [0.1, 0.15) is 5.75 Å².